The summed E-state index contributed by atoms with van der Waals surface area (Å²) in [5.41, 5.74) is 9.77. The van der Waals surface area contributed by atoms with Gasteiger partial charge < -0.3 is 0 Å². The Kier molecular flexibility index (Phi) is 7.14. The minimum Gasteiger partial charge on any atom is -0.264 e. The number of pyridine rings is 1. The van der Waals surface area contributed by atoms with Crippen LogP contribution in [0.25, 0.3) is 78.3 Å². The van der Waals surface area contributed by atoms with E-state index in [0.717, 1.165) is 33.4 Å². The monoisotopic (exact) mass is 588 g/mol. The molecule has 0 atom stereocenters. The molecule has 216 valence electrons. The number of rotatable bonds is 6. The summed E-state index contributed by atoms with van der Waals surface area (Å²) in [5, 5.41) is 2.41. The Labute approximate surface area is 267 Å². The molecule has 2 heterocycles. The van der Waals surface area contributed by atoms with E-state index in [0.29, 0.717) is 17.5 Å². The summed E-state index contributed by atoms with van der Waals surface area (Å²) in [6.45, 7) is 0. The van der Waals surface area contributed by atoms with Gasteiger partial charge in [0.15, 0.2) is 17.5 Å². The fourth-order valence-electron chi connectivity index (χ4n) is 5.84. The average Bonchev–Trinajstić information content (AvgIpc) is 3.15. The summed E-state index contributed by atoms with van der Waals surface area (Å²) < 4.78 is 0. The molecule has 0 saturated carbocycles. The van der Waals surface area contributed by atoms with Crippen LogP contribution in [0.15, 0.2) is 170 Å². The van der Waals surface area contributed by atoms with Gasteiger partial charge in [-0.2, -0.15) is 0 Å². The van der Waals surface area contributed by atoms with Crippen molar-refractivity contribution in [2.24, 2.45) is 0 Å². The summed E-state index contributed by atoms with van der Waals surface area (Å²) in [6.07, 6.45) is 3.70. The van der Waals surface area contributed by atoms with Gasteiger partial charge in [0.05, 0.1) is 0 Å². The number of aromatic nitrogens is 4. The van der Waals surface area contributed by atoms with Crippen molar-refractivity contribution in [1.82, 2.24) is 19.9 Å². The van der Waals surface area contributed by atoms with Gasteiger partial charge in [0, 0.05) is 29.1 Å². The predicted octanol–water partition coefficient (Wildman–Crippen LogP) is 10.4. The Bertz CT molecular complexity index is 2210. The zero-order valence-corrected chi connectivity index (χ0v) is 25.0. The summed E-state index contributed by atoms with van der Waals surface area (Å²) >= 11 is 0. The first-order valence-electron chi connectivity index (χ1n) is 15.3. The Balaban J connectivity index is 1.19. The molecule has 0 spiro atoms. The summed E-state index contributed by atoms with van der Waals surface area (Å²) in [5.74, 6) is 1.95. The van der Waals surface area contributed by atoms with Crippen LogP contribution >= 0.6 is 0 Å². The maximum absolute atomic E-state index is 4.91. The second kappa shape index (κ2) is 12.0. The van der Waals surface area contributed by atoms with E-state index >= 15 is 0 Å². The molecule has 0 fully saturated rings. The molecule has 2 aromatic heterocycles. The van der Waals surface area contributed by atoms with Crippen molar-refractivity contribution in [3.8, 4) is 67.5 Å². The molecular weight excluding hydrogens is 560 g/mol. The van der Waals surface area contributed by atoms with E-state index in [-0.39, 0.29) is 0 Å². The number of nitrogens with zero attached hydrogens (tertiary/aromatic N) is 4. The molecule has 0 aliphatic carbocycles. The Hall–Kier alpha value is -6.26. The molecule has 0 aliphatic heterocycles. The zero-order chi connectivity index (χ0) is 30.7. The minimum absolute atomic E-state index is 0.645. The molecule has 0 N–H and O–H groups in total. The molecular formula is C42H28N4. The van der Waals surface area contributed by atoms with Gasteiger partial charge in [-0.3, -0.25) is 4.98 Å². The normalized spacial score (nSPS) is 11.0. The number of hydrogen-bond donors (Lipinski definition) is 0. The van der Waals surface area contributed by atoms with E-state index in [1.165, 1.54) is 27.5 Å². The molecule has 0 amide bonds. The SMILES string of the molecule is c1ccc(-c2nc(-c3ccccc3)nc(-c3ccc(-c4cc(-c5ccc(-c6cccnc6)cc5)cc5ccccc45)cc3)n2)cc1. The number of hydrogen-bond acceptors (Lipinski definition) is 4. The maximum Gasteiger partial charge on any atom is 0.164 e. The standard InChI is InChI=1S/C42H28N4/c1-3-10-32(11-4-1)40-44-41(33-12-5-2-6-13-33)46-42(45-40)34-23-21-31(22-24-34)39-27-37(26-35-14-7-8-16-38(35)39)30-19-17-29(18-20-30)36-15-9-25-43-28-36/h1-28H. The molecule has 8 rings (SSSR count). The highest BCUT2D eigenvalue weighted by molar-refractivity contribution is 6.00. The predicted molar refractivity (Wildman–Crippen MR) is 188 cm³/mol. The molecule has 0 radical (unpaired) electrons. The minimum atomic E-state index is 0.645. The van der Waals surface area contributed by atoms with Crippen LogP contribution in [0.5, 0.6) is 0 Å². The summed E-state index contributed by atoms with van der Waals surface area (Å²) in [4.78, 5) is 18.9. The van der Waals surface area contributed by atoms with Crippen LogP contribution in [-0.2, 0) is 0 Å². The topological polar surface area (TPSA) is 51.6 Å². The van der Waals surface area contributed by atoms with Gasteiger partial charge in [0.25, 0.3) is 0 Å². The van der Waals surface area contributed by atoms with E-state index in [2.05, 4.69) is 96.0 Å². The van der Waals surface area contributed by atoms with Gasteiger partial charge in [-0.15, -0.1) is 0 Å². The van der Waals surface area contributed by atoms with Gasteiger partial charge >= 0.3 is 0 Å². The lowest BCUT2D eigenvalue weighted by molar-refractivity contribution is 1.07. The van der Waals surface area contributed by atoms with Crippen molar-refractivity contribution < 1.29 is 0 Å². The lowest BCUT2D eigenvalue weighted by atomic mass is 9.92. The Morgan fingerprint density at radius 2 is 0.804 bits per heavy atom. The van der Waals surface area contributed by atoms with E-state index < -0.39 is 0 Å². The molecule has 0 aliphatic rings. The lowest BCUT2D eigenvalue weighted by Crippen LogP contribution is -2.00. The molecule has 0 bridgehead atoms. The number of fused-ring (bicyclic) bond motifs is 1. The fraction of sp³-hybridized carbons (Fsp3) is 0. The zero-order valence-electron chi connectivity index (χ0n) is 25.0. The highest BCUT2D eigenvalue weighted by atomic mass is 15.0. The van der Waals surface area contributed by atoms with E-state index in [1.807, 2.05) is 72.9 Å². The van der Waals surface area contributed by atoms with Crippen LogP contribution in [0.4, 0.5) is 0 Å². The largest absolute Gasteiger partial charge is 0.264 e. The third-order valence-corrected chi connectivity index (χ3v) is 8.23. The van der Waals surface area contributed by atoms with Gasteiger partial charge in [-0.05, 0) is 62.4 Å². The third kappa shape index (κ3) is 5.44. The van der Waals surface area contributed by atoms with E-state index in [1.54, 1.807) is 6.20 Å². The smallest absolute Gasteiger partial charge is 0.164 e. The molecule has 6 aromatic carbocycles. The summed E-state index contributed by atoms with van der Waals surface area (Å²) in [7, 11) is 0. The molecule has 4 heteroatoms. The molecule has 46 heavy (non-hydrogen) atoms. The lowest BCUT2D eigenvalue weighted by Gasteiger charge is -2.13. The van der Waals surface area contributed by atoms with Gasteiger partial charge in [-0.1, -0.05) is 140 Å². The quantitative estimate of drug-likeness (QED) is 0.194. The van der Waals surface area contributed by atoms with Crippen molar-refractivity contribution in [2.75, 3.05) is 0 Å². The average molecular weight is 589 g/mol. The molecule has 0 unspecified atom stereocenters. The van der Waals surface area contributed by atoms with Gasteiger partial charge in [0.2, 0.25) is 0 Å². The first-order valence-corrected chi connectivity index (χ1v) is 15.3. The molecule has 4 nitrogen and oxygen atoms in total. The maximum atomic E-state index is 4.91. The second-order valence-electron chi connectivity index (χ2n) is 11.2. The Morgan fingerprint density at radius 1 is 0.326 bits per heavy atom. The highest BCUT2D eigenvalue weighted by Gasteiger charge is 2.14. The third-order valence-electron chi connectivity index (χ3n) is 8.23. The van der Waals surface area contributed by atoms with E-state index in [4.69, 9.17) is 15.0 Å². The van der Waals surface area contributed by atoms with Crippen molar-refractivity contribution in [3.63, 3.8) is 0 Å². The van der Waals surface area contributed by atoms with Crippen LogP contribution in [0, 0.1) is 0 Å². The second-order valence-corrected chi connectivity index (χ2v) is 11.2. The van der Waals surface area contributed by atoms with Crippen molar-refractivity contribution in [3.05, 3.63) is 170 Å². The first kappa shape index (κ1) is 27.3. The van der Waals surface area contributed by atoms with Crippen LogP contribution in [-0.4, -0.2) is 19.9 Å². The fourth-order valence-corrected chi connectivity index (χ4v) is 5.84. The Morgan fingerprint density at radius 3 is 1.39 bits per heavy atom. The van der Waals surface area contributed by atoms with Crippen LogP contribution in [0.1, 0.15) is 0 Å². The van der Waals surface area contributed by atoms with E-state index in [9.17, 15) is 0 Å². The van der Waals surface area contributed by atoms with Crippen molar-refractivity contribution in [2.45, 2.75) is 0 Å². The number of benzene rings is 6. The van der Waals surface area contributed by atoms with Crippen molar-refractivity contribution >= 4 is 10.8 Å². The van der Waals surface area contributed by atoms with Crippen LogP contribution in [0.3, 0.4) is 0 Å². The van der Waals surface area contributed by atoms with Gasteiger partial charge in [0.1, 0.15) is 0 Å². The first-order chi connectivity index (χ1) is 22.8. The van der Waals surface area contributed by atoms with Crippen LogP contribution in [0.2, 0.25) is 0 Å². The molecule has 8 aromatic rings. The van der Waals surface area contributed by atoms with Crippen LogP contribution < -0.4 is 0 Å². The van der Waals surface area contributed by atoms with Gasteiger partial charge in [-0.25, -0.2) is 15.0 Å². The summed E-state index contributed by atoms with van der Waals surface area (Å²) in [6, 6.07) is 54.6. The highest BCUT2D eigenvalue weighted by Crippen LogP contribution is 2.36. The molecule has 0 saturated heterocycles. The van der Waals surface area contributed by atoms with Crippen molar-refractivity contribution in [1.29, 1.82) is 0 Å².